The molecule has 0 aliphatic heterocycles. The van der Waals surface area contributed by atoms with Crippen LogP contribution in [0.5, 0.6) is 11.5 Å². The largest absolute Gasteiger partial charge is 0.496 e. The molecule has 0 aliphatic rings. The number of carboxylic acid groups (broad SMARTS) is 1. The van der Waals surface area contributed by atoms with E-state index in [0.29, 0.717) is 23.0 Å². The number of ether oxygens (including phenoxy) is 2. The molecule has 3 aromatic heterocycles. The lowest BCUT2D eigenvalue weighted by Crippen LogP contribution is -2.07. The second-order valence-corrected chi connectivity index (χ2v) is 14.2. The molecule has 3 heterocycles. The Morgan fingerprint density at radius 2 is 1.16 bits per heavy atom. The molecule has 2 N–H and O–H groups in total. The Morgan fingerprint density at radius 1 is 0.582 bits per heavy atom. The Balaban J connectivity index is 1.35. The maximum atomic E-state index is 12.3. The number of hydrogen-bond donors (Lipinski definition) is 2. The molecule has 0 saturated carbocycles. The van der Waals surface area contributed by atoms with Gasteiger partial charge in [-0.1, -0.05) is 66.7 Å². The fraction of sp³-hybridized carbons (Fsp3) is 0.0476. The average molecular weight is 748 g/mol. The average Bonchev–Trinajstić information content (AvgIpc) is 3.71. The number of methoxy groups -OCH3 is 2. The standard InChI is InChI=1S/C42H29N5O7S/c1-53-36-18-17-26(21-31(36)41(48)49)46-32-14-8-6-12-27(32)29-23-35-30(22-34(29)46)28-13-7-9-15-33(28)47(35)42-44-39(24-10-4-3-5-11-24)43-40(45-42)25-16-19-38(55(50,51)52)37(20-25)54-2/h3-23H,1-2H3,(H,48,49)(H,50,51,52). The molecule has 12 nitrogen and oxygen atoms in total. The van der Waals surface area contributed by atoms with Crippen molar-refractivity contribution in [3.05, 3.63) is 133 Å². The normalized spacial score (nSPS) is 11.8. The van der Waals surface area contributed by atoms with Gasteiger partial charge < -0.3 is 19.1 Å². The summed E-state index contributed by atoms with van der Waals surface area (Å²) in [6.45, 7) is 0. The third-order valence-electron chi connectivity index (χ3n) is 9.69. The van der Waals surface area contributed by atoms with Gasteiger partial charge in [0.05, 0.1) is 36.3 Å². The lowest BCUT2D eigenvalue weighted by Gasteiger charge is -2.12. The van der Waals surface area contributed by atoms with Gasteiger partial charge in [-0.3, -0.25) is 9.12 Å². The van der Waals surface area contributed by atoms with Crippen molar-refractivity contribution in [3.8, 4) is 45.9 Å². The summed E-state index contributed by atoms with van der Waals surface area (Å²) in [6, 6.07) is 38.9. The predicted octanol–water partition coefficient (Wildman–Crippen LogP) is 8.36. The summed E-state index contributed by atoms with van der Waals surface area (Å²) in [5.74, 6) is 0.0619. The number of hydrogen-bond acceptors (Lipinski definition) is 8. The first-order chi connectivity index (χ1) is 26.6. The van der Waals surface area contributed by atoms with Crippen LogP contribution in [-0.2, 0) is 10.1 Å². The van der Waals surface area contributed by atoms with Gasteiger partial charge in [-0.25, -0.2) is 9.78 Å². The molecule has 0 unspecified atom stereocenters. The second kappa shape index (κ2) is 12.8. The molecule has 6 aromatic carbocycles. The Hall–Kier alpha value is -7.09. The van der Waals surface area contributed by atoms with E-state index in [1.54, 1.807) is 12.1 Å². The topological polar surface area (TPSA) is 159 Å². The summed E-state index contributed by atoms with van der Waals surface area (Å²) in [5, 5.41) is 13.7. The van der Waals surface area contributed by atoms with Crippen LogP contribution in [0.2, 0.25) is 0 Å². The molecule has 9 rings (SSSR count). The van der Waals surface area contributed by atoms with Gasteiger partial charge >= 0.3 is 5.97 Å². The van der Waals surface area contributed by atoms with Crippen molar-refractivity contribution < 1.29 is 32.3 Å². The third kappa shape index (κ3) is 5.52. The number of carboxylic acids is 1. The minimum Gasteiger partial charge on any atom is -0.496 e. The highest BCUT2D eigenvalue weighted by Crippen LogP contribution is 2.40. The molecule has 55 heavy (non-hydrogen) atoms. The van der Waals surface area contributed by atoms with E-state index in [0.717, 1.165) is 49.2 Å². The van der Waals surface area contributed by atoms with E-state index in [2.05, 4.69) is 16.7 Å². The zero-order valence-electron chi connectivity index (χ0n) is 29.2. The summed E-state index contributed by atoms with van der Waals surface area (Å²) in [4.78, 5) is 26.7. The monoisotopic (exact) mass is 747 g/mol. The molecule has 0 amide bonds. The minimum absolute atomic E-state index is 0.0497. The van der Waals surface area contributed by atoms with Crippen molar-refractivity contribution in [1.29, 1.82) is 0 Å². The van der Waals surface area contributed by atoms with Crippen LogP contribution in [0.4, 0.5) is 0 Å². The number of aromatic nitrogens is 5. The summed E-state index contributed by atoms with van der Waals surface area (Å²) in [7, 11) is -1.80. The zero-order chi connectivity index (χ0) is 38.0. The van der Waals surface area contributed by atoms with E-state index in [-0.39, 0.29) is 27.8 Å². The van der Waals surface area contributed by atoms with E-state index < -0.39 is 16.1 Å². The van der Waals surface area contributed by atoms with Crippen molar-refractivity contribution in [1.82, 2.24) is 24.1 Å². The predicted molar refractivity (Wildman–Crippen MR) is 209 cm³/mol. The highest BCUT2D eigenvalue weighted by Gasteiger charge is 2.23. The lowest BCUT2D eigenvalue weighted by molar-refractivity contribution is 0.0693. The highest BCUT2D eigenvalue weighted by molar-refractivity contribution is 7.86. The molecule has 9 aromatic rings. The van der Waals surface area contributed by atoms with E-state index in [4.69, 9.17) is 24.4 Å². The first-order valence-electron chi connectivity index (χ1n) is 17.0. The van der Waals surface area contributed by atoms with E-state index in [1.807, 2.05) is 89.5 Å². The van der Waals surface area contributed by atoms with E-state index in [9.17, 15) is 22.9 Å². The molecular weight excluding hydrogens is 719 g/mol. The van der Waals surface area contributed by atoms with Crippen LogP contribution in [-0.4, -0.2) is 62.4 Å². The Labute approximate surface area is 313 Å². The summed E-state index contributed by atoms with van der Waals surface area (Å²) in [6.07, 6.45) is 0. The fourth-order valence-corrected chi connectivity index (χ4v) is 7.89. The van der Waals surface area contributed by atoms with Crippen LogP contribution in [0.15, 0.2) is 132 Å². The summed E-state index contributed by atoms with van der Waals surface area (Å²) < 4.78 is 48.7. The molecule has 13 heteroatoms. The van der Waals surface area contributed by atoms with Crippen LogP contribution in [0, 0.1) is 0 Å². The Kier molecular flexibility index (Phi) is 7.85. The second-order valence-electron chi connectivity index (χ2n) is 12.8. The quantitative estimate of drug-likeness (QED) is 0.145. The molecule has 0 spiro atoms. The molecule has 0 bridgehead atoms. The molecule has 0 radical (unpaired) electrons. The van der Waals surface area contributed by atoms with E-state index >= 15 is 0 Å². The van der Waals surface area contributed by atoms with Crippen molar-refractivity contribution in [2.75, 3.05) is 14.2 Å². The van der Waals surface area contributed by atoms with Gasteiger partial charge in [-0.2, -0.15) is 18.4 Å². The lowest BCUT2D eigenvalue weighted by atomic mass is 10.1. The maximum Gasteiger partial charge on any atom is 0.339 e. The van der Waals surface area contributed by atoms with E-state index in [1.165, 1.54) is 32.4 Å². The van der Waals surface area contributed by atoms with Gasteiger partial charge in [0.1, 0.15) is 22.0 Å². The smallest absolute Gasteiger partial charge is 0.339 e. The number of benzene rings is 6. The van der Waals surface area contributed by atoms with Crippen LogP contribution in [0.25, 0.3) is 78.0 Å². The van der Waals surface area contributed by atoms with Crippen molar-refractivity contribution in [3.63, 3.8) is 0 Å². The van der Waals surface area contributed by atoms with Crippen LogP contribution < -0.4 is 9.47 Å². The molecule has 270 valence electrons. The Morgan fingerprint density at radius 3 is 1.78 bits per heavy atom. The van der Waals surface area contributed by atoms with Crippen molar-refractivity contribution in [2.45, 2.75) is 4.90 Å². The first-order valence-corrected chi connectivity index (χ1v) is 18.4. The molecular formula is C42H29N5O7S. The van der Waals surface area contributed by atoms with Crippen molar-refractivity contribution >= 4 is 59.7 Å². The van der Waals surface area contributed by atoms with Gasteiger partial charge in [0, 0.05) is 38.4 Å². The molecule has 0 fully saturated rings. The number of carbonyl (C=O) groups is 1. The number of fused-ring (bicyclic) bond motifs is 6. The third-order valence-corrected chi connectivity index (χ3v) is 10.6. The SMILES string of the molecule is COc1ccc(-n2c3ccccc3c3cc4c(cc32)c2ccccc2n4-c2nc(-c3ccccc3)nc(-c3ccc(S(=O)(=O)O)c(OC)c3)n2)cc1C(=O)O. The van der Waals surface area contributed by atoms with Gasteiger partial charge in [0.2, 0.25) is 5.95 Å². The molecule has 0 saturated heterocycles. The van der Waals surface area contributed by atoms with Crippen molar-refractivity contribution in [2.24, 2.45) is 0 Å². The fourth-order valence-electron chi connectivity index (χ4n) is 7.26. The number of aromatic carboxylic acids is 1. The molecule has 0 atom stereocenters. The maximum absolute atomic E-state index is 12.3. The van der Waals surface area contributed by atoms with Crippen LogP contribution in [0.3, 0.4) is 0 Å². The number of rotatable bonds is 8. The van der Waals surface area contributed by atoms with Crippen LogP contribution in [0.1, 0.15) is 10.4 Å². The number of para-hydroxylation sites is 2. The highest BCUT2D eigenvalue weighted by atomic mass is 32.2. The van der Waals surface area contributed by atoms with Crippen LogP contribution >= 0.6 is 0 Å². The van der Waals surface area contributed by atoms with Gasteiger partial charge in [-0.05, 0) is 60.7 Å². The van der Waals surface area contributed by atoms with Gasteiger partial charge in [-0.15, -0.1) is 0 Å². The van der Waals surface area contributed by atoms with Gasteiger partial charge in [0.15, 0.2) is 11.6 Å². The zero-order valence-corrected chi connectivity index (χ0v) is 30.0. The van der Waals surface area contributed by atoms with Gasteiger partial charge in [0.25, 0.3) is 10.1 Å². The Bertz CT molecular complexity index is 3140. The number of nitrogens with zero attached hydrogens (tertiary/aromatic N) is 5. The summed E-state index contributed by atoms with van der Waals surface area (Å²) in [5.41, 5.74) is 5.29. The summed E-state index contributed by atoms with van der Waals surface area (Å²) >= 11 is 0. The first kappa shape index (κ1) is 33.7. The molecule has 0 aliphatic carbocycles. The minimum atomic E-state index is -4.56.